The van der Waals surface area contributed by atoms with E-state index in [-0.39, 0.29) is 18.6 Å². The maximum atomic E-state index is 9.66. The molecular formula is C22H23N5O3S. The van der Waals surface area contributed by atoms with E-state index in [2.05, 4.69) is 10.3 Å². The molecule has 1 aliphatic heterocycles. The second-order valence-electron chi connectivity index (χ2n) is 7.67. The number of aliphatic hydroxyl groups excluding tert-OH is 1. The molecule has 4 aromatic rings. The molecule has 1 aliphatic rings. The van der Waals surface area contributed by atoms with Crippen LogP contribution in [0.25, 0.3) is 27.6 Å². The Morgan fingerprint density at radius 2 is 2.00 bits per heavy atom. The molecule has 0 radical (unpaired) electrons. The smallest absolute Gasteiger partial charge is 0.223 e. The van der Waals surface area contributed by atoms with Crippen molar-refractivity contribution in [3.8, 4) is 34.1 Å². The van der Waals surface area contributed by atoms with Crippen LogP contribution in [0.3, 0.4) is 0 Å². The highest BCUT2D eigenvalue weighted by Gasteiger charge is 2.21. The Bertz CT molecular complexity index is 1220. The molecular weight excluding hydrogens is 414 g/mol. The summed E-state index contributed by atoms with van der Waals surface area (Å²) in [5, 5.41) is 14.9. The average molecular weight is 438 g/mol. The molecule has 2 N–H and O–H groups in total. The number of hydrogen-bond donors (Lipinski definition) is 2. The monoisotopic (exact) mass is 437 g/mol. The molecule has 1 aromatic carbocycles. The molecule has 31 heavy (non-hydrogen) atoms. The lowest BCUT2D eigenvalue weighted by Gasteiger charge is -2.20. The van der Waals surface area contributed by atoms with Gasteiger partial charge in [0.15, 0.2) is 16.5 Å². The van der Waals surface area contributed by atoms with Gasteiger partial charge in [0, 0.05) is 23.3 Å². The number of imidazole rings is 1. The van der Waals surface area contributed by atoms with Gasteiger partial charge in [-0.15, -0.1) is 11.3 Å². The fourth-order valence-corrected chi connectivity index (χ4v) is 4.29. The molecule has 0 amide bonds. The van der Waals surface area contributed by atoms with Crippen LogP contribution in [-0.4, -0.2) is 50.3 Å². The highest BCUT2D eigenvalue weighted by molar-refractivity contribution is 7.15. The van der Waals surface area contributed by atoms with Crippen LogP contribution in [0, 0.1) is 5.92 Å². The number of anilines is 1. The summed E-state index contributed by atoms with van der Waals surface area (Å²) in [6.45, 7) is 5.19. The first-order valence-electron chi connectivity index (χ1n) is 10.2. The minimum Gasteiger partial charge on any atom is -0.486 e. The lowest BCUT2D eigenvalue weighted by atomic mass is 10.1. The van der Waals surface area contributed by atoms with Gasteiger partial charge in [-0.2, -0.15) is 0 Å². The maximum Gasteiger partial charge on any atom is 0.223 e. The third-order valence-electron chi connectivity index (χ3n) is 5.29. The lowest BCUT2D eigenvalue weighted by molar-refractivity contribution is 0.171. The fraction of sp³-hybridized carbons (Fsp3) is 0.318. The summed E-state index contributed by atoms with van der Waals surface area (Å²) in [5.41, 5.74) is 3.37. The van der Waals surface area contributed by atoms with E-state index in [1.807, 2.05) is 54.1 Å². The first kappa shape index (κ1) is 19.8. The van der Waals surface area contributed by atoms with Crippen LogP contribution >= 0.6 is 11.3 Å². The molecule has 5 rings (SSSR count). The number of rotatable bonds is 6. The molecule has 4 heterocycles. The molecule has 0 bridgehead atoms. The maximum absolute atomic E-state index is 9.66. The van der Waals surface area contributed by atoms with Crippen molar-refractivity contribution in [1.82, 2.24) is 19.4 Å². The zero-order valence-electron chi connectivity index (χ0n) is 17.3. The molecule has 8 nitrogen and oxygen atoms in total. The van der Waals surface area contributed by atoms with Crippen molar-refractivity contribution in [2.45, 2.75) is 19.9 Å². The topological polar surface area (TPSA) is 93.8 Å². The second-order valence-corrected chi connectivity index (χ2v) is 8.54. The van der Waals surface area contributed by atoms with E-state index >= 15 is 0 Å². The van der Waals surface area contributed by atoms with Crippen LogP contribution in [0.1, 0.15) is 13.8 Å². The van der Waals surface area contributed by atoms with Gasteiger partial charge in [0.05, 0.1) is 24.0 Å². The molecule has 0 fully saturated rings. The van der Waals surface area contributed by atoms with Gasteiger partial charge in [-0.05, 0) is 30.2 Å². The predicted molar refractivity (Wildman–Crippen MR) is 120 cm³/mol. The second kappa shape index (κ2) is 8.16. The van der Waals surface area contributed by atoms with Crippen LogP contribution in [0.4, 0.5) is 5.95 Å². The number of aliphatic hydroxyl groups is 1. The molecule has 0 saturated heterocycles. The number of benzene rings is 1. The number of fused-ring (bicyclic) bond motifs is 2. The summed E-state index contributed by atoms with van der Waals surface area (Å²) in [7, 11) is 0. The molecule has 0 aliphatic carbocycles. The Labute approximate surface area is 183 Å². The van der Waals surface area contributed by atoms with Crippen LogP contribution < -0.4 is 14.8 Å². The fourth-order valence-electron chi connectivity index (χ4n) is 3.57. The van der Waals surface area contributed by atoms with Gasteiger partial charge in [0.2, 0.25) is 5.95 Å². The van der Waals surface area contributed by atoms with Crippen molar-refractivity contribution in [1.29, 1.82) is 0 Å². The van der Waals surface area contributed by atoms with E-state index in [9.17, 15) is 5.11 Å². The lowest BCUT2D eigenvalue weighted by Crippen LogP contribution is -2.30. The number of aromatic nitrogens is 4. The minimum absolute atomic E-state index is 0.00909. The molecule has 3 aromatic heterocycles. The third kappa shape index (κ3) is 3.70. The van der Waals surface area contributed by atoms with E-state index in [4.69, 9.17) is 19.4 Å². The van der Waals surface area contributed by atoms with E-state index in [1.165, 1.54) is 0 Å². The molecule has 0 saturated carbocycles. The Morgan fingerprint density at radius 1 is 1.16 bits per heavy atom. The van der Waals surface area contributed by atoms with Gasteiger partial charge < -0.3 is 19.9 Å². The number of hydrogen-bond acceptors (Lipinski definition) is 8. The summed E-state index contributed by atoms with van der Waals surface area (Å²) in [5.74, 6) is 2.18. The summed E-state index contributed by atoms with van der Waals surface area (Å²) in [4.78, 5) is 14.8. The molecule has 1 atom stereocenters. The highest BCUT2D eigenvalue weighted by Crippen LogP contribution is 2.38. The molecule has 0 spiro atoms. The summed E-state index contributed by atoms with van der Waals surface area (Å²) in [6, 6.07) is 7.62. The Kier molecular flexibility index (Phi) is 5.21. The first-order valence-corrected chi connectivity index (χ1v) is 11.1. The average Bonchev–Trinajstić information content (AvgIpc) is 3.38. The summed E-state index contributed by atoms with van der Waals surface area (Å²) in [6.07, 6.45) is 3.71. The molecule has 0 unspecified atom stereocenters. The van der Waals surface area contributed by atoms with E-state index in [1.54, 1.807) is 17.5 Å². The van der Waals surface area contributed by atoms with Crippen molar-refractivity contribution in [3.63, 3.8) is 0 Å². The van der Waals surface area contributed by atoms with Crippen LogP contribution in [0.5, 0.6) is 11.5 Å². The number of nitrogens with zero attached hydrogens (tertiary/aromatic N) is 4. The van der Waals surface area contributed by atoms with Crippen molar-refractivity contribution in [2.75, 3.05) is 25.1 Å². The van der Waals surface area contributed by atoms with Gasteiger partial charge in [-0.3, -0.25) is 4.40 Å². The van der Waals surface area contributed by atoms with Crippen molar-refractivity contribution < 1.29 is 14.6 Å². The zero-order chi connectivity index (χ0) is 21.4. The largest absolute Gasteiger partial charge is 0.486 e. The van der Waals surface area contributed by atoms with Gasteiger partial charge in [-0.1, -0.05) is 13.8 Å². The Morgan fingerprint density at radius 3 is 2.81 bits per heavy atom. The normalized spacial score (nSPS) is 14.2. The number of thiazole rings is 1. The van der Waals surface area contributed by atoms with Gasteiger partial charge >= 0.3 is 0 Å². The van der Waals surface area contributed by atoms with Crippen LogP contribution in [-0.2, 0) is 0 Å². The van der Waals surface area contributed by atoms with Gasteiger partial charge in [0.1, 0.15) is 18.9 Å². The summed E-state index contributed by atoms with van der Waals surface area (Å²) < 4.78 is 13.5. The minimum atomic E-state index is -0.126. The van der Waals surface area contributed by atoms with E-state index in [0.29, 0.717) is 19.2 Å². The van der Waals surface area contributed by atoms with Crippen LogP contribution in [0.2, 0.25) is 0 Å². The Balaban J connectivity index is 1.59. The van der Waals surface area contributed by atoms with Gasteiger partial charge in [0.25, 0.3) is 0 Å². The van der Waals surface area contributed by atoms with Crippen molar-refractivity contribution in [3.05, 3.63) is 42.0 Å². The Hall–Kier alpha value is -3.17. The predicted octanol–water partition coefficient (Wildman–Crippen LogP) is 3.72. The SMILES string of the molecule is CC(C)[C@@H](CO)Nc1nccc(-c2c(-c3ccc4c(c3)OCCO4)nc3sccn23)n1. The number of ether oxygens (including phenoxy) is 2. The van der Waals surface area contributed by atoms with E-state index < -0.39 is 0 Å². The molecule has 9 heteroatoms. The molecule has 160 valence electrons. The van der Waals surface area contributed by atoms with Crippen molar-refractivity contribution in [2.24, 2.45) is 5.92 Å². The van der Waals surface area contributed by atoms with E-state index in [0.717, 1.165) is 39.1 Å². The zero-order valence-corrected chi connectivity index (χ0v) is 18.1. The summed E-state index contributed by atoms with van der Waals surface area (Å²) >= 11 is 1.57. The standard InChI is InChI=1S/C22H23N5O3S/c1-13(2)16(12-28)25-21-23-6-5-15(24-21)20-19(26-22-27(20)7-10-31-22)14-3-4-17-18(11-14)30-9-8-29-17/h3-7,10-11,13,16,28H,8-9,12H2,1-2H3,(H,23,24,25)/t16-/m1/s1. The first-order chi connectivity index (χ1) is 15.1. The van der Waals surface area contributed by atoms with Crippen LogP contribution in [0.15, 0.2) is 42.0 Å². The third-order valence-corrected chi connectivity index (χ3v) is 6.05. The van der Waals surface area contributed by atoms with Gasteiger partial charge in [-0.25, -0.2) is 15.0 Å². The highest BCUT2D eigenvalue weighted by atomic mass is 32.1. The number of nitrogens with one attached hydrogen (secondary N) is 1. The van der Waals surface area contributed by atoms with Crippen molar-refractivity contribution >= 4 is 22.2 Å². The quantitative estimate of drug-likeness (QED) is 0.475.